The maximum Gasteiger partial charge on any atom is 0.254 e. The summed E-state index contributed by atoms with van der Waals surface area (Å²) < 4.78 is 9.86. The average molecular weight is 256 g/mol. The Balaban J connectivity index is 2.36. The number of aryl methyl sites for hydroxylation is 1. The van der Waals surface area contributed by atoms with E-state index in [1.165, 1.54) is 7.11 Å². The number of amides is 1. The zero-order chi connectivity index (χ0) is 13.5. The number of rotatable bonds is 7. The minimum Gasteiger partial charge on any atom is -0.479 e. The maximum atomic E-state index is 11.7. The van der Waals surface area contributed by atoms with Crippen molar-refractivity contribution in [1.29, 1.82) is 0 Å². The number of carbonyl (C=O) groups excluding carboxylic acids is 1. The normalized spacial score (nSPS) is 12.5. The molecule has 6 heteroatoms. The Labute approximate surface area is 106 Å². The molecule has 0 aliphatic carbocycles. The molecule has 0 fully saturated rings. The Morgan fingerprint density at radius 3 is 2.83 bits per heavy atom. The molecule has 0 aliphatic rings. The number of aliphatic hydroxyl groups is 1. The van der Waals surface area contributed by atoms with Crippen molar-refractivity contribution in [2.75, 3.05) is 13.7 Å². The van der Waals surface area contributed by atoms with Gasteiger partial charge in [0.15, 0.2) is 0 Å². The van der Waals surface area contributed by atoms with Gasteiger partial charge in [-0.1, -0.05) is 13.8 Å². The number of hydrogen-bond acceptors (Lipinski definition) is 5. The molecule has 6 nitrogen and oxygen atoms in total. The number of carbonyl (C=O) groups is 1. The fraction of sp³-hybridized carbons (Fsp3) is 0.667. The Kier molecular flexibility index (Phi) is 5.64. The monoisotopic (exact) mass is 256 g/mol. The molecule has 18 heavy (non-hydrogen) atoms. The smallest absolute Gasteiger partial charge is 0.254 e. The zero-order valence-electron chi connectivity index (χ0n) is 11.0. The molecule has 0 bridgehead atoms. The summed E-state index contributed by atoms with van der Waals surface area (Å²) in [5.41, 5.74) is 0. The Morgan fingerprint density at radius 1 is 1.61 bits per heavy atom. The van der Waals surface area contributed by atoms with E-state index in [0.717, 1.165) is 0 Å². The quantitative estimate of drug-likeness (QED) is 0.752. The summed E-state index contributed by atoms with van der Waals surface area (Å²) in [6.45, 7) is 3.84. The van der Waals surface area contributed by atoms with Crippen LogP contribution in [0.15, 0.2) is 10.6 Å². The Hall–Kier alpha value is -1.56. The highest BCUT2D eigenvalue weighted by Crippen LogP contribution is 2.12. The summed E-state index contributed by atoms with van der Waals surface area (Å²) in [6.07, 6.45) is 0.750. The van der Waals surface area contributed by atoms with E-state index < -0.39 is 0 Å². The van der Waals surface area contributed by atoms with Crippen molar-refractivity contribution >= 4 is 5.91 Å². The van der Waals surface area contributed by atoms with Gasteiger partial charge in [0.1, 0.15) is 5.76 Å². The van der Waals surface area contributed by atoms with Gasteiger partial charge in [0, 0.05) is 18.9 Å². The van der Waals surface area contributed by atoms with Gasteiger partial charge in [0.25, 0.3) is 5.88 Å². The van der Waals surface area contributed by atoms with Crippen LogP contribution in [-0.4, -0.2) is 35.9 Å². The molecular formula is C12H20N2O4. The summed E-state index contributed by atoms with van der Waals surface area (Å²) in [5.74, 6) is 1.09. The van der Waals surface area contributed by atoms with Gasteiger partial charge < -0.3 is 19.7 Å². The van der Waals surface area contributed by atoms with E-state index in [0.29, 0.717) is 24.5 Å². The van der Waals surface area contributed by atoms with Crippen LogP contribution in [0.25, 0.3) is 0 Å². The largest absolute Gasteiger partial charge is 0.479 e. The number of ether oxygens (including phenoxy) is 1. The molecule has 0 saturated heterocycles. The third kappa shape index (κ3) is 4.37. The molecule has 0 aromatic carbocycles. The number of methoxy groups -OCH3 is 1. The van der Waals surface area contributed by atoms with Crippen molar-refractivity contribution in [1.82, 2.24) is 10.5 Å². The number of nitrogens with zero attached hydrogens (tertiary/aromatic N) is 1. The molecule has 2 N–H and O–H groups in total. The van der Waals surface area contributed by atoms with Crippen molar-refractivity contribution in [3.8, 4) is 5.88 Å². The highest BCUT2D eigenvalue weighted by atomic mass is 16.5. The second-order valence-corrected chi connectivity index (χ2v) is 4.44. The van der Waals surface area contributed by atoms with Crippen LogP contribution in [0.3, 0.4) is 0 Å². The lowest BCUT2D eigenvalue weighted by molar-refractivity contribution is -0.122. The van der Waals surface area contributed by atoms with Crippen LogP contribution in [-0.2, 0) is 11.2 Å². The van der Waals surface area contributed by atoms with Crippen LogP contribution < -0.4 is 10.1 Å². The van der Waals surface area contributed by atoms with E-state index in [1.807, 2.05) is 13.8 Å². The van der Waals surface area contributed by atoms with Crippen molar-refractivity contribution in [2.24, 2.45) is 5.92 Å². The first-order chi connectivity index (χ1) is 8.56. The molecule has 0 radical (unpaired) electrons. The van der Waals surface area contributed by atoms with Crippen LogP contribution >= 0.6 is 0 Å². The molecule has 1 aromatic rings. The molecule has 102 valence electrons. The molecule has 1 rings (SSSR count). The van der Waals surface area contributed by atoms with Gasteiger partial charge >= 0.3 is 0 Å². The topological polar surface area (TPSA) is 84.6 Å². The van der Waals surface area contributed by atoms with E-state index in [4.69, 9.17) is 14.4 Å². The predicted octanol–water partition coefficient (Wildman–Crippen LogP) is 0.749. The molecule has 0 saturated carbocycles. The first-order valence-corrected chi connectivity index (χ1v) is 5.96. The van der Waals surface area contributed by atoms with Gasteiger partial charge in [-0.2, -0.15) is 0 Å². The van der Waals surface area contributed by atoms with Gasteiger partial charge in [-0.15, -0.1) is 0 Å². The maximum absolute atomic E-state index is 11.7. The van der Waals surface area contributed by atoms with Gasteiger partial charge in [-0.3, -0.25) is 4.79 Å². The SMILES string of the molecule is COc1cc(CCC(=O)N[C@H](CO)C(C)C)on1. The van der Waals surface area contributed by atoms with Gasteiger partial charge in [0.05, 0.1) is 19.8 Å². The van der Waals surface area contributed by atoms with E-state index in [1.54, 1.807) is 6.07 Å². The standard InChI is InChI=1S/C12H20N2O4/c1-8(2)10(7-15)13-11(16)5-4-9-6-12(17-3)14-18-9/h6,8,10,15H,4-5,7H2,1-3H3,(H,13,16)/t10-/m1/s1. The lowest BCUT2D eigenvalue weighted by Gasteiger charge is -2.19. The Morgan fingerprint density at radius 2 is 2.33 bits per heavy atom. The second kappa shape index (κ2) is 7.00. The number of aliphatic hydroxyl groups excluding tert-OH is 1. The molecule has 0 unspecified atom stereocenters. The van der Waals surface area contributed by atoms with Crippen molar-refractivity contribution in [2.45, 2.75) is 32.7 Å². The lowest BCUT2D eigenvalue weighted by Crippen LogP contribution is -2.41. The molecular weight excluding hydrogens is 236 g/mol. The molecule has 1 amide bonds. The van der Waals surface area contributed by atoms with Crippen LogP contribution in [0.2, 0.25) is 0 Å². The first kappa shape index (κ1) is 14.5. The minimum absolute atomic E-state index is 0.0560. The van der Waals surface area contributed by atoms with E-state index in [-0.39, 0.29) is 24.5 Å². The van der Waals surface area contributed by atoms with Crippen LogP contribution in [0.5, 0.6) is 5.88 Å². The van der Waals surface area contributed by atoms with Crippen molar-refractivity contribution < 1.29 is 19.2 Å². The number of aromatic nitrogens is 1. The molecule has 1 aromatic heterocycles. The third-order valence-electron chi connectivity index (χ3n) is 2.69. The summed E-state index contributed by atoms with van der Waals surface area (Å²) in [4.78, 5) is 11.7. The summed E-state index contributed by atoms with van der Waals surface area (Å²) in [7, 11) is 1.50. The molecule has 1 atom stereocenters. The number of hydrogen-bond donors (Lipinski definition) is 2. The van der Waals surface area contributed by atoms with E-state index in [9.17, 15) is 4.79 Å². The highest BCUT2D eigenvalue weighted by Gasteiger charge is 2.15. The first-order valence-electron chi connectivity index (χ1n) is 5.96. The average Bonchev–Trinajstić information content (AvgIpc) is 2.81. The van der Waals surface area contributed by atoms with Crippen LogP contribution in [0.4, 0.5) is 0 Å². The van der Waals surface area contributed by atoms with E-state index in [2.05, 4.69) is 10.5 Å². The summed E-state index contributed by atoms with van der Waals surface area (Å²) in [5, 5.41) is 15.5. The van der Waals surface area contributed by atoms with Gasteiger partial charge in [0.2, 0.25) is 5.91 Å². The molecule has 0 aliphatic heterocycles. The minimum atomic E-state index is -0.207. The third-order valence-corrected chi connectivity index (χ3v) is 2.69. The number of nitrogens with one attached hydrogen (secondary N) is 1. The fourth-order valence-electron chi connectivity index (χ4n) is 1.45. The van der Waals surface area contributed by atoms with Gasteiger partial charge in [-0.25, -0.2) is 0 Å². The summed E-state index contributed by atoms with van der Waals surface area (Å²) >= 11 is 0. The molecule has 1 heterocycles. The fourth-order valence-corrected chi connectivity index (χ4v) is 1.45. The second-order valence-electron chi connectivity index (χ2n) is 4.44. The lowest BCUT2D eigenvalue weighted by atomic mass is 10.1. The molecule has 0 spiro atoms. The highest BCUT2D eigenvalue weighted by molar-refractivity contribution is 5.76. The summed E-state index contributed by atoms with van der Waals surface area (Å²) in [6, 6.07) is 1.45. The predicted molar refractivity (Wildman–Crippen MR) is 65.2 cm³/mol. The van der Waals surface area contributed by atoms with Crippen molar-refractivity contribution in [3.63, 3.8) is 0 Å². The van der Waals surface area contributed by atoms with Crippen LogP contribution in [0, 0.1) is 5.92 Å². The van der Waals surface area contributed by atoms with E-state index >= 15 is 0 Å². The van der Waals surface area contributed by atoms with Crippen molar-refractivity contribution in [3.05, 3.63) is 11.8 Å². The van der Waals surface area contributed by atoms with Gasteiger partial charge in [-0.05, 0) is 11.1 Å². The zero-order valence-corrected chi connectivity index (χ0v) is 11.0. The van der Waals surface area contributed by atoms with Crippen LogP contribution in [0.1, 0.15) is 26.0 Å². The Bertz CT molecular complexity index is 376.